The molecule has 5 aromatic rings. The van der Waals surface area contributed by atoms with Crippen molar-refractivity contribution in [1.82, 2.24) is 30.6 Å². The number of rotatable bonds is 10. The van der Waals surface area contributed by atoms with Crippen molar-refractivity contribution in [2.45, 2.75) is 32.2 Å². The van der Waals surface area contributed by atoms with Crippen LogP contribution in [0.4, 0.5) is 0 Å². The molecule has 3 aromatic heterocycles. The van der Waals surface area contributed by atoms with Gasteiger partial charge in [0.2, 0.25) is 5.88 Å². The maximum Gasteiger partial charge on any atom is 0.263 e. The lowest BCUT2D eigenvalue weighted by atomic mass is 10.1. The van der Waals surface area contributed by atoms with Crippen molar-refractivity contribution in [2.75, 3.05) is 6.54 Å². The molecule has 39 heavy (non-hydrogen) atoms. The first-order valence-corrected chi connectivity index (χ1v) is 13.5. The van der Waals surface area contributed by atoms with Crippen LogP contribution < -0.4 is 10.6 Å². The highest BCUT2D eigenvalue weighted by Crippen LogP contribution is 2.26. The van der Waals surface area contributed by atoms with Gasteiger partial charge in [-0.2, -0.15) is 0 Å². The van der Waals surface area contributed by atoms with Crippen molar-refractivity contribution in [3.05, 3.63) is 94.5 Å². The van der Waals surface area contributed by atoms with Gasteiger partial charge in [0, 0.05) is 17.8 Å². The fourth-order valence-electron chi connectivity index (χ4n) is 4.34. The third kappa shape index (κ3) is 6.29. The average Bonchev–Trinajstić information content (AvgIpc) is 3.65. The number of carbonyl (C=O) groups excluding carboxylic acids is 2. The van der Waals surface area contributed by atoms with E-state index in [0.717, 1.165) is 28.5 Å². The van der Waals surface area contributed by atoms with E-state index in [1.807, 2.05) is 12.1 Å². The second-order valence-electron chi connectivity index (χ2n) is 9.21. The number of benzene rings is 2. The summed E-state index contributed by atoms with van der Waals surface area (Å²) in [6.45, 7) is 2.16. The monoisotopic (exact) mass is 540 g/mol. The molecule has 198 valence electrons. The summed E-state index contributed by atoms with van der Waals surface area (Å²) in [6.07, 6.45) is 5.34. The zero-order valence-electron chi connectivity index (χ0n) is 21.3. The molecule has 0 aliphatic carbocycles. The molecule has 0 aliphatic heterocycles. The molecular weight excluding hydrogens is 512 g/mol. The van der Waals surface area contributed by atoms with Gasteiger partial charge in [-0.15, -0.1) is 11.3 Å². The molecule has 10 heteroatoms. The summed E-state index contributed by atoms with van der Waals surface area (Å²) < 4.78 is 0. The Hall–Kier alpha value is -4.57. The molecule has 3 heterocycles. The van der Waals surface area contributed by atoms with E-state index in [9.17, 15) is 14.7 Å². The molecule has 4 N–H and O–H groups in total. The Balaban J connectivity index is 1.24. The number of nitrogens with zero attached hydrogens (tertiary/aromatic N) is 3. The summed E-state index contributed by atoms with van der Waals surface area (Å²) >= 11 is 1.28. The number of thiazole rings is 1. The highest BCUT2D eigenvalue weighted by molar-refractivity contribution is 7.11. The number of amides is 2. The SMILES string of the molecule is Cc1ccc(C(=O)NCCCC[C@H](NC(=O)c2cncs2)c2ncc(-c3ccc4ccccc4c3)[nH]2)c(O)n1. The number of hydrogen-bond donors (Lipinski definition) is 4. The number of nitrogens with one attached hydrogen (secondary N) is 3. The predicted octanol–water partition coefficient (Wildman–Crippen LogP) is 5.17. The van der Waals surface area contributed by atoms with Gasteiger partial charge in [0.05, 0.1) is 29.6 Å². The van der Waals surface area contributed by atoms with Gasteiger partial charge in [-0.3, -0.25) is 14.6 Å². The minimum atomic E-state index is -0.374. The van der Waals surface area contributed by atoms with Crippen molar-refractivity contribution in [3.63, 3.8) is 0 Å². The number of imidazole rings is 1. The van der Waals surface area contributed by atoms with Crippen LogP contribution in [0.5, 0.6) is 5.88 Å². The molecular formula is C29H28N6O3S. The van der Waals surface area contributed by atoms with Crippen molar-refractivity contribution in [1.29, 1.82) is 0 Å². The van der Waals surface area contributed by atoms with Crippen molar-refractivity contribution in [3.8, 4) is 17.1 Å². The van der Waals surface area contributed by atoms with E-state index < -0.39 is 0 Å². The number of hydrogen-bond acceptors (Lipinski definition) is 7. The fourth-order valence-corrected chi connectivity index (χ4v) is 4.87. The molecule has 0 radical (unpaired) electrons. The third-order valence-corrected chi connectivity index (χ3v) is 7.18. The number of H-pyrrole nitrogens is 1. The molecule has 5 rings (SSSR count). The molecule has 0 saturated heterocycles. The summed E-state index contributed by atoms with van der Waals surface area (Å²) in [7, 11) is 0. The molecule has 0 unspecified atom stereocenters. The summed E-state index contributed by atoms with van der Waals surface area (Å²) in [6, 6.07) is 17.3. The highest BCUT2D eigenvalue weighted by Gasteiger charge is 2.20. The quantitative estimate of drug-likeness (QED) is 0.181. The molecule has 1 atom stereocenters. The summed E-state index contributed by atoms with van der Waals surface area (Å²) in [5.74, 6) is -0.197. The molecule has 0 saturated carbocycles. The van der Waals surface area contributed by atoms with Gasteiger partial charge in [-0.25, -0.2) is 9.97 Å². The first-order chi connectivity index (χ1) is 19.0. The van der Waals surface area contributed by atoms with E-state index in [2.05, 4.69) is 60.9 Å². The number of fused-ring (bicyclic) bond motifs is 1. The number of aromatic amines is 1. The smallest absolute Gasteiger partial charge is 0.263 e. The maximum absolute atomic E-state index is 12.8. The van der Waals surface area contributed by atoms with Gasteiger partial charge in [0.1, 0.15) is 16.3 Å². The lowest BCUT2D eigenvalue weighted by Crippen LogP contribution is -2.29. The first kappa shape index (κ1) is 26.1. The molecule has 0 bridgehead atoms. The first-order valence-electron chi connectivity index (χ1n) is 12.7. The van der Waals surface area contributed by atoms with E-state index in [1.54, 1.807) is 37.0 Å². The number of aryl methyl sites for hydroxylation is 1. The van der Waals surface area contributed by atoms with Gasteiger partial charge < -0.3 is 20.7 Å². The standard InChI is InChI=1S/C29H28N6O3S/c1-18-9-12-22(28(37)33-18)27(36)31-13-5-4-8-23(35-29(38)25-16-30-17-39-25)26-32-15-24(34-26)21-11-10-19-6-2-3-7-20(19)14-21/h2-3,6-7,9-12,14-17,23H,4-5,8,13H2,1H3,(H,31,36)(H,32,34)(H,33,37)(H,35,38)/t23-/m0/s1. The van der Waals surface area contributed by atoms with E-state index >= 15 is 0 Å². The molecule has 0 spiro atoms. The summed E-state index contributed by atoms with van der Waals surface area (Å²) in [5.41, 5.74) is 4.28. The Labute approximate surface area is 229 Å². The summed E-state index contributed by atoms with van der Waals surface area (Å²) in [5, 5.41) is 18.1. The lowest BCUT2D eigenvalue weighted by Gasteiger charge is -2.16. The van der Waals surface area contributed by atoms with Crippen LogP contribution >= 0.6 is 11.3 Å². The van der Waals surface area contributed by atoms with Crippen LogP contribution in [-0.4, -0.2) is 43.4 Å². The minimum absolute atomic E-state index is 0.145. The van der Waals surface area contributed by atoms with Gasteiger partial charge >= 0.3 is 0 Å². The molecule has 9 nitrogen and oxygen atoms in total. The normalized spacial score (nSPS) is 11.8. The largest absolute Gasteiger partial charge is 0.493 e. The van der Waals surface area contributed by atoms with Crippen LogP contribution in [0.3, 0.4) is 0 Å². The third-order valence-electron chi connectivity index (χ3n) is 6.41. The average molecular weight is 541 g/mol. The number of pyridine rings is 1. The van der Waals surface area contributed by atoms with E-state index in [-0.39, 0.29) is 29.3 Å². The topological polar surface area (TPSA) is 133 Å². The minimum Gasteiger partial charge on any atom is -0.493 e. The second-order valence-corrected chi connectivity index (χ2v) is 10.1. The molecule has 2 amide bonds. The predicted molar refractivity (Wildman–Crippen MR) is 151 cm³/mol. The lowest BCUT2D eigenvalue weighted by molar-refractivity contribution is 0.0935. The Bertz CT molecular complexity index is 1600. The molecule has 0 fully saturated rings. The fraction of sp³-hybridized carbons (Fsp3) is 0.207. The van der Waals surface area contributed by atoms with Crippen LogP contribution in [0.15, 0.2) is 72.5 Å². The summed E-state index contributed by atoms with van der Waals surface area (Å²) in [4.78, 5) is 41.7. The van der Waals surface area contributed by atoms with Gasteiger partial charge in [0.15, 0.2) is 0 Å². The number of aromatic hydroxyl groups is 1. The van der Waals surface area contributed by atoms with E-state index in [1.165, 1.54) is 11.3 Å². The Morgan fingerprint density at radius 3 is 2.67 bits per heavy atom. The Morgan fingerprint density at radius 1 is 1.03 bits per heavy atom. The van der Waals surface area contributed by atoms with Crippen LogP contribution in [0, 0.1) is 6.92 Å². The van der Waals surface area contributed by atoms with E-state index in [4.69, 9.17) is 0 Å². The van der Waals surface area contributed by atoms with E-state index in [0.29, 0.717) is 35.8 Å². The van der Waals surface area contributed by atoms with Crippen LogP contribution in [0.25, 0.3) is 22.0 Å². The molecule has 0 aliphatic rings. The van der Waals surface area contributed by atoms with Crippen LogP contribution in [-0.2, 0) is 0 Å². The molecule has 2 aromatic carbocycles. The maximum atomic E-state index is 12.8. The van der Waals surface area contributed by atoms with Gasteiger partial charge in [-0.05, 0) is 55.2 Å². The number of unbranched alkanes of at least 4 members (excludes halogenated alkanes) is 1. The van der Waals surface area contributed by atoms with Gasteiger partial charge in [-0.1, -0.05) is 36.4 Å². The highest BCUT2D eigenvalue weighted by atomic mass is 32.1. The number of aromatic nitrogens is 4. The van der Waals surface area contributed by atoms with Crippen LogP contribution in [0.1, 0.15) is 56.9 Å². The number of carbonyl (C=O) groups is 2. The second kappa shape index (κ2) is 11.9. The van der Waals surface area contributed by atoms with Crippen molar-refractivity contribution < 1.29 is 14.7 Å². The Kier molecular flexibility index (Phi) is 7.93. The zero-order valence-corrected chi connectivity index (χ0v) is 22.2. The Morgan fingerprint density at radius 2 is 1.87 bits per heavy atom. The van der Waals surface area contributed by atoms with Crippen molar-refractivity contribution in [2.24, 2.45) is 0 Å². The van der Waals surface area contributed by atoms with Crippen LogP contribution in [0.2, 0.25) is 0 Å². The van der Waals surface area contributed by atoms with Gasteiger partial charge in [0.25, 0.3) is 11.8 Å². The zero-order chi connectivity index (χ0) is 27.2. The van der Waals surface area contributed by atoms with Crippen molar-refractivity contribution >= 4 is 33.9 Å².